The van der Waals surface area contributed by atoms with Crippen molar-refractivity contribution in [1.29, 1.82) is 0 Å². The fourth-order valence-electron chi connectivity index (χ4n) is 1.86. The predicted octanol–water partition coefficient (Wildman–Crippen LogP) is 3.32. The molecule has 1 aromatic heterocycles. The minimum atomic E-state index is -1.05. The quantitative estimate of drug-likeness (QED) is 0.921. The molecule has 0 unspecified atom stereocenters. The molecule has 0 saturated heterocycles. The van der Waals surface area contributed by atoms with Crippen LogP contribution in [0.15, 0.2) is 17.5 Å². The Balaban J connectivity index is 2.03. The lowest BCUT2D eigenvalue weighted by atomic mass is 10.2. The van der Waals surface area contributed by atoms with Gasteiger partial charge in [0.1, 0.15) is 5.01 Å². The van der Waals surface area contributed by atoms with Gasteiger partial charge in [-0.15, -0.1) is 11.3 Å². The van der Waals surface area contributed by atoms with Crippen molar-refractivity contribution < 1.29 is 19.4 Å². The van der Waals surface area contributed by atoms with Crippen LogP contribution >= 0.6 is 22.9 Å². The number of carboxylic acids is 1. The van der Waals surface area contributed by atoms with Gasteiger partial charge in [0.05, 0.1) is 18.2 Å². The van der Waals surface area contributed by atoms with Gasteiger partial charge in [0.15, 0.2) is 17.2 Å². The van der Waals surface area contributed by atoms with Crippen molar-refractivity contribution in [3.8, 4) is 22.1 Å². The Bertz CT molecular complexity index is 670. The number of nitrogens with zero attached hydrogens (tertiary/aromatic N) is 1. The van der Waals surface area contributed by atoms with E-state index in [9.17, 15) is 4.79 Å². The van der Waals surface area contributed by atoms with Crippen LogP contribution in [0.2, 0.25) is 5.02 Å². The highest BCUT2D eigenvalue weighted by atomic mass is 35.5. The maximum Gasteiger partial charge on any atom is 0.355 e. The Kier molecular flexibility index (Phi) is 3.50. The molecule has 0 aliphatic carbocycles. The number of aromatic nitrogens is 1. The number of rotatable bonds is 2. The molecule has 0 bridgehead atoms. The van der Waals surface area contributed by atoms with Gasteiger partial charge >= 0.3 is 5.97 Å². The molecule has 0 amide bonds. The summed E-state index contributed by atoms with van der Waals surface area (Å²) in [6.07, 6.45) is 0.792. The molecule has 0 fully saturated rings. The Morgan fingerprint density at radius 2 is 2.15 bits per heavy atom. The van der Waals surface area contributed by atoms with Crippen molar-refractivity contribution in [3.63, 3.8) is 0 Å². The van der Waals surface area contributed by atoms with E-state index in [1.165, 1.54) is 16.7 Å². The van der Waals surface area contributed by atoms with Gasteiger partial charge in [-0.25, -0.2) is 9.78 Å². The van der Waals surface area contributed by atoms with Crippen LogP contribution in [0, 0.1) is 0 Å². The molecule has 104 valence electrons. The number of halogens is 1. The van der Waals surface area contributed by atoms with Crippen LogP contribution < -0.4 is 9.47 Å². The van der Waals surface area contributed by atoms with Gasteiger partial charge in [-0.1, -0.05) is 11.6 Å². The zero-order valence-electron chi connectivity index (χ0n) is 10.3. The third kappa shape index (κ3) is 2.44. The maximum absolute atomic E-state index is 10.9. The average Bonchev–Trinajstić information content (AvgIpc) is 2.79. The van der Waals surface area contributed by atoms with Crippen molar-refractivity contribution in [2.24, 2.45) is 0 Å². The first-order valence-corrected chi connectivity index (χ1v) is 7.19. The van der Waals surface area contributed by atoms with Gasteiger partial charge in [0.25, 0.3) is 0 Å². The zero-order chi connectivity index (χ0) is 14.1. The highest BCUT2D eigenvalue weighted by Gasteiger charge is 2.18. The number of carbonyl (C=O) groups is 1. The Labute approximate surface area is 123 Å². The molecule has 1 N–H and O–H groups in total. The molecule has 2 heterocycles. The van der Waals surface area contributed by atoms with Crippen LogP contribution in [-0.4, -0.2) is 29.3 Å². The van der Waals surface area contributed by atoms with Gasteiger partial charge in [-0.3, -0.25) is 0 Å². The molecule has 3 rings (SSSR count). The SMILES string of the molecule is O=C(O)c1csc(-c2cc(Cl)c3c(c2)OCCCO3)n1. The minimum Gasteiger partial charge on any atom is -0.489 e. The van der Waals surface area contributed by atoms with Crippen LogP contribution in [0.1, 0.15) is 16.9 Å². The van der Waals surface area contributed by atoms with Crippen molar-refractivity contribution in [2.45, 2.75) is 6.42 Å². The number of benzene rings is 1. The number of fused-ring (bicyclic) bond motifs is 1. The highest BCUT2D eigenvalue weighted by molar-refractivity contribution is 7.13. The van der Waals surface area contributed by atoms with Gasteiger partial charge in [0, 0.05) is 17.4 Å². The zero-order valence-corrected chi connectivity index (χ0v) is 11.8. The van der Waals surface area contributed by atoms with Gasteiger partial charge < -0.3 is 14.6 Å². The molecule has 1 aromatic carbocycles. The summed E-state index contributed by atoms with van der Waals surface area (Å²) in [5.74, 6) is 0.0490. The molecular formula is C13H10ClNO4S. The smallest absolute Gasteiger partial charge is 0.355 e. The van der Waals surface area contributed by atoms with Gasteiger partial charge in [-0.2, -0.15) is 0 Å². The Hall–Kier alpha value is -1.79. The van der Waals surface area contributed by atoms with Crippen LogP contribution in [0.3, 0.4) is 0 Å². The van der Waals surface area contributed by atoms with E-state index in [-0.39, 0.29) is 5.69 Å². The van der Waals surface area contributed by atoms with Crippen LogP contribution in [-0.2, 0) is 0 Å². The molecule has 0 saturated carbocycles. The summed E-state index contributed by atoms with van der Waals surface area (Å²) >= 11 is 7.44. The topological polar surface area (TPSA) is 68.7 Å². The fraction of sp³-hybridized carbons (Fsp3) is 0.231. The van der Waals surface area contributed by atoms with E-state index in [0.717, 1.165) is 12.0 Å². The van der Waals surface area contributed by atoms with E-state index in [1.54, 1.807) is 12.1 Å². The molecule has 7 heteroatoms. The van der Waals surface area contributed by atoms with Crippen LogP contribution in [0.5, 0.6) is 11.5 Å². The molecule has 0 spiro atoms. The Morgan fingerprint density at radius 3 is 2.90 bits per heavy atom. The summed E-state index contributed by atoms with van der Waals surface area (Å²) in [6.45, 7) is 1.12. The number of thiazole rings is 1. The summed E-state index contributed by atoms with van der Waals surface area (Å²) in [5.41, 5.74) is 0.741. The summed E-state index contributed by atoms with van der Waals surface area (Å²) < 4.78 is 11.1. The number of ether oxygens (including phenoxy) is 2. The van der Waals surface area contributed by atoms with Crippen LogP contribution in [0.4, 0.5) is 0 Å². The van der Waals surface area contributed by atoms with Gasteiger partial charge in [-0.05, 0) is 12.1 Å². The predicted molar refractivity (Wildman–Crippen MR) is 75.1 cm³/mol. The van der Waals surface area contributed by atoms with Crippen LogP contribution in [0.25, 0.3) is 10.6 Å². The second-order valence-corrected chi connectivity index (χ2v) is 5.44. The lowest BCUT2D eigenvalue weighted by molar-refractivity contribution is 0.0691. The standard InChI is InChI=1S/C13H10ClNO4S/c14-8-4-7(12-15-9(6-20-12)13(16)17)5-10-11(8)19-3-1-2-18-10/h4-6H,1-3H2,(H,16,17). The summed E-state index contributed by atoms with van der Waals surface area (Å²) in [6, 6.07) is 3.48. The number of hydrogen-bond donors (Lipinski definition) is 1. The largest absolute Gasteiger partial charge is 0.489 e. The summed E-state index contributed by atoms with van der Waals surface area (Å²) in [4.78, 5) is 14.9. The van der Waals surface area contributed by atoms with E-state index in [4.69, 9.17) is 26.2 Å². The second kappa shape index (κ2) is 5.30. The van der Waals surface area contributed by atoms with Gasteiger partial charge in [0.2, 0.25) is 0 Å². The fourth-order valence-corrected chi connectivity index (χ4v) is 2.91. The summed E-state index contributed by atoms with van der Waals surface area (Å²) in [7, 11) is 0. The Morgan fingerprint density at radius 1 is 1.35 bits per heavy atom. The molecule has 0 radical (unpaired) electrons. The van der Waals surface area contributed by atoms with Crippen molar-refractivity contribution in [1.82, 2.24) is 4.98 Å². The maximum atomic E-state index is 10.9. The van der Waals surface area contributed by atoms with E-state index >= 15 is 0 Å². The lowest BCUT2D eigenvalue weighted by Gasteiger charge is -2.10. The molecular weight excluding hydrogens is 302 g/mol. The molecule has 0 atom stereocenters. The molecule has 1 aliphatic rings. The minimum absolute atomic E-state index is 0.0215. The van der Waals surface area contributed by atoms with Crippen molar-refractivity contribution >= 4 is 28.9 Å². The first-order chi connectivity index (χ1) is 9.65. The van der Waals surface area contributed by atoms with E-state index in [2.05, 4.69) is 4.98 Å². The highest BCUT2D eigenvalue weighted by Crippen LogP contribution is 2.41. The summed E-state index contributed by atoms with van der Waals surface area (Å²) in [5, 5.41) is 11.4. The molecule has 20 heavy (non-hydrogen) atoms. The van der Waals surface area contributed by atoms with E-state index < -0.39 is 5.97 Å². The molecule has 5 nitrogen and oxygen atoms in total. The number of aromatic carboxylic acids is 1. The molecule has 1 aliphatic heterocycles. The monoisotopic (exact) mass is 311 g/mol. The van der Waals surface area contributed by atoms with E-state index in [1.807, 2.05) is 0 Å². The lowest BCUT2D eigenvalue weighted by Crippen LogP contribution is -1.97. The average molecular weight is 312 g/mol. The first-order valence-electron chi connectivity index (χ1n) is 5.93. The van der Waals surface area contributed by atoms with Crippen molar-refractivity contribution in [3.05, 3.63) is 28.2 Å². The van der Waals surface area contributed by atoms with Crippen molar-refractivity contribution in [2.75, 3.05) is 13.2 Å². The third-order valence-electron chi connectivity index (χ3n) is 2.77. The number of carboxylic acid groups (broad SMARTS) is 1. The normalized spacial score (nSPS) is 13.8. The first kappa shape index (κ1) is 13.2. The molecule has 2 aromatic rings. The van der Waals surface area contributed by atoms with E-state index in [0.29, 0.717) is 34.7 Å². The number of hydrogen-bond acceptors (Lipinski definition) is 5. The third-order valence-corrected chi connectivity index (χ3v) is 3.94. The second-order valence-electron chi connectivity index (χ2n) is 4.18.